The SMILES string of the molecule is CC(=O)OCc1c(C(O)C(=O)NCCN)cc2n(c1=O)Cc1c-2nc2cc(F)c(C)c3c2c1CCC3. The third kappa shape index (κ3) is 3.77. The molecular formula is C26H27FN4O5. The molecule has 188 valence electrons. The molecule has 1 aliphatic carbocycles. The Balaban J connectivity index is 1.72. The van der Waals surface area contributed by atoms with Crippen molar-refractivity contribution in [3.8, 4) is 11.4 Å². The maximum atomic E-state index is 14.7. The minimum Gasteiger partial charge on any atom is -0.461 e. The molecule has 10 heteroatoms. The maximum absolute atomic E-state index is 14.7. The fourth-order valence-corrected chi connectivity index (χ4v) is 5.32. The van der Waals surface area contributed by atoms with Crippen molar-refractivity contribution in [1.82, 2.24) is 14.9 Å². The number of pyridine rings is 2. The van der Waals surface area contributed by atoms with Crippen molar-refractivity contribution in [1.29, 1.82) is 0 Å². The second kappa shape index (κ2) is 9.11. The van der Waals surface area contributed by atoms with Crippen LogP contribution >= 0.6 is 0 Å². The van der Waals surface area contributed by atoms with Crippen LogP contribution in [0.15, 0.2) is 16.9 Å². The Kier molecular flexibility index (Phi) is 6.09. The van der Waals surface area contributed by atoms with E-state index in [0.29, 0.717) is 22.5 Å². The second-order valence-corrected chi connectivity index (χ2v) is 9.24. The molecule has 1 unspecified atom stereocenters. The zero-order chi connectivity index (χ0) is 25.7. The number of hydrogen-bond donors (Lipinski definition) is 3. The number of aromatic nitrogens is 2. The number of fused-ring (bicyclic) bond motifs is 4. The molecule has 1 amide bonds. The first-order valence-corrected chi connectivity index (χ1v) is 11.9. The summed E-state index contributed by atoms with van der Waals surface area (Å²) in [4.78, 5) is 42.4. The van der Waals surface area contributed by atoms with Gasteiger partial charge in [0, 0.05) is 42.6 Å². The second-order valence-electron chi connectivity index (χ2n) is 9.24. The van der Waals surface area contributed by atoms with Gasteiger partial charge in [-0.2, -0.15) is 0 Å². The molecule has 4 N–H and O–H groups in total. The van der Waals surface area contributed by atoms with Crippen molar-refractivity contribution in [3.05, 3.63) is 61.7 Å². The van der Waals surface area contributed by atoms with E-state index in [1.807, 2.05) is 0 Å². The van der Waals surface area contributed by atoms with Gasteiger partial charge < -0.3 is 25.5 Å². The Labute approximate surface area is 206 Å². The predicted molar refractivity (Wildman–Crippen MR) is 130 cm³/mol. The van der Waals surface area contributed by atoms with Gasteiger partial charge in [-0.1, -0.05) is 0 Å². The summed E-state index contributed by atoms with van der Waals surface area (Å²) in [6.45, 7) is 3.17. The van der Waals surface area contributed by atoms with Crippen LogP contribution in [0.1, 0.15) is 52.8 Å². The molecule has 5 rings (SSSR count). The number of nitrogens with one attached hydrogen (secondary N) is 1. The lowest BCUT2D eigenvalue weighted by Crippen LogP contribution is -2.35. The highest BCUT2D eigenvalue weighted by atomic mass is 19.1. The van der Waals surface area contributed by atoms with Crippen LogP contribution < -0.4 is 16.6 Å². The highest BCUT2D eigenvalue weighted by Gasteiger charge is 2.33. The van der Waals surface area contributed by atoms with Gasteiger partial charge in [-0.25, -0.2) is 9.37 Å². The molecule has 1 aromatic carbocycles. The molecule has 36 heavy (non-hydrogen) atoms. The molecule has 9 nitrogen and oxygen atoms in total. The average molecular weight is 495 g/mol. The Morgan fingerprint density at radius 1 is 1.28 bits per heavy atom. The molecule has 0 radical (unpaired) electrons. The number of nitrogens with two attached hydrogens (primary N) is 1. The monoisotopic (exact) mass is 494 g/mol. The third-order valence-electron chi connectivity index (χ3n) is 7.07. The number of carbonyl (C=O) groups excluding carboxylic acids is 2. The normalized spacial score (nSPS) is 14.4. The third-order valence-corrected chi connectivity index (χ3v) is 7.07. The van der Waals surface area contributed by atoms with E-state index in [-0.39, 0.29) is 36.6 Å². The molecule has 3 aromatic rings. The van der Waals surface area contributed by atoms with Crippen LogP contribution in [0.4, 0.5) is 4.39 Å². The minimum absolute atomic E-state index is 0.0120. The quantitative estimate of drug-likeness (QED) is 0.346. The van der Waals surface area contributed by atoms with Crippen molar-refractivity contribution in [2.45, 2.75) is 52.4 Å². The van der Waals surface area contributed by atoms with Crippen LogP contribution in [0.3, 0.4) is 0 Å². The predicted octanol–water partition coefficient (Wildman–Crippen LogP) is 1.53. The van der Waals surface area contributed by atoms with Gasteiger partial charge in [0.2, 0.25) is 0 Å². The zero-order valence-corrected chi connectivity index (χ0v) is 20.1. The largest absolute Gasteiger partial charge is 0.461 e. The summed E-state index contributed by atoms with van der Waals surface area (Å²) < 4.78 is 21.3. The molecule has 1 aliphatic heterocycles. The van der Waals surface area contributed by atoms with Gasteiger partial charge in [0.25, 0.3) is 11.5 Å². The van der Waals surface area contributed by atoms with E-state index in [0.717, 1.165) is 41.3 Å². The number of carbonyl (C=O) groups is 2. The smallest absolute Gasteiger partial charge is 0.302 e. The number of nitrogens with zero attached hydrogens (tertiary/aromatic N) is 2. The summed E-state index contributed by atoms with van der Waals surface area (Å²) in [6.07, 6.45) is 0.716. The van der Waals surface area contributed by atoms with Crippen LogP contribution in [0.5, 0.6) is 0 Å². The Morgan fingerprint density at radius 3 is 2.75 bits per heavy atom. The maximum Gasteiger partial charge on any atom is 0.302 e. The first-order valence-electron chi connectivity index (χ1n) is 11.9. The molecule has 0 bridgehead atoms. The van der Waals surface area contributed by atoms with Crippen LogP contribution in [0.2, 0.25) is 0 Å². The van der Waals surface area contributed by atoms with Gasteiger partial charge in [0.05, 0.1) is 29.0 Å². The van der Waals surface area contributed by atoms with Crippen LogP contribution in [-0.2, 0) is 40.3 Å². The summed E-state index contributed by atoms with van der Waals surface area (Å²) in [7, 11) is 0. The molecule has 3 heterocycles. The molecule has 0 saturated heterocycles. The molecule has 0 fully saturated rings. The standard InChI is InChI=1S/C26H27FN4O5/c1-12-14-4-3-5-15-17-10-31-21(23(17)30-20(22(14)15)9-19(12)27)8-16(24(33)25(34)29-7-6-28)18(26(31)35)11-36-13(2)32/h8-9,24,33H,3-7,10-11,28H2,1-2H3,(H,29,34). The topological polar surface area (TPSA) is 137 Å². The minimum atomic E-state index is -1.68. The van der Waals surface area contributed by atoms with E-state index in [1.165, 1.54) is 17.6 Å². The van der Waals surface area contributed by atoms with E-state index in [1.54, 1.807) is 13.0 Å². The first-order chi connectivity index (χ1) is 17.2. The van der Waals surface area contributed by atoms with Crippen LogP contribution in [0, 0.1) is 12.7 Å². The molecule has 2 aromatic heterocycles. The van der Waals surface area contributed by atoms with Gasteiger partial charge in [0.15, 0.2) is 6.10 Å². The average Bonchev–Trinajstić information content (AvgIpc) is 3.23. The highest BCUT2D eigenvalue weighted by Crippen LogP contribution is 2.41. The summed E-state index contributed by atoms with van der Waals surface area (Å²) >= 11 is 0. The number of rotatable bonds is 6. The molecule has 2 aliphatic rings. The Bertz CT molecular complexity index is 1500. The van der Waals surface area contributed by atoms with E-state index in [9.17, 15) is 23.9 Å². The zero-order valence-electron chi connectivity index (χ0n) is 20.1. The number of esters is 1. The van der Waals surface area contributed by atoms with Crippen molar-refractivity contribution < 1.29 is 23.8 Å². The number of halogens is 1. The van der Waals surface area contributed by atoms with Gasteiger partial charge >= 0.3 is 5.97 Å². The summed E-state index contributed by atoms with van der Waals surface area (Å²) in [5, 5.41) is 14.3. The molecule has 0 spiro atoms. The van der Waals surface area contributed by atoms with Gasteiger partial charge in [-0.05, 0) is 48.9 Å². The first kappa shape index (κ1) is 24.1. The number of amides is 1. The lowest BCUT2D eigenvalue weighted by molar-refractivity contribution is -0.142. The highest BCUT2D eigenvalue weighted by molar-refractivity contribution is 5.92. The van der Waals surface area contributed by atoms with E-state index >= 15 is 0 Å². The number of aryl methyl sites for hydroxylation is 2. The van der Waals surface area contributed by atoms with Crippen molar-refractivity contribution in [3.63, 3.8) is 0 Å². The fraction of sp³-hybridized carbons (Fsp3) is 0.385. The van der Waals surface area contributed by atoms with Gasteiger partial charge in [-0.3, -0.25) is 14.4 Å². The number of hydrogen-bond acceptors (Lipinski definition) is 7. The van der Waals surface area contributed by atoms with Crippen LogP contribution in [-0.4, -0.2) is 39.6 Å². The summed E-state index contributed by atoms with van der Waals surface area (Å²) in [5.74, 6) is -1.65. The van der Waals surface area contributed by atoms with Crippen LogP contribution in [0.25, 0.3) is 22.3 Å². The number of benzene rings is 1. The van der Waals surface area contributed by atoms with Gasteiger partial charge in [0.1, 0.15) is 12.4 Å². The fourth-order valence-electron chi connectivity index (χ4n) is 5.32. The van der Waals surface area contributed by atoms with E-state index in [4.69, 9.17) is 15.5 Å². The van der Waals surface area contributed by atoms with Crippen molar-refractivity contribution in [2.75, 3.05) is 13.1 Å². The number of aliphatic hydroxyl groups is 1. The van der Waals surface area contributed by atoms with E-state index < -0.39 is 30.1 Å². The number of ether oxygens (including phenoxy) is 1. The Morgan fingerprint density at radius 2 is 2.03 bits per heavy atom. The molecule has 1 atom stereocenters. The lowest BCUT2D eigenvalue weighted by Gasteiger charge is -2.21. The summed E-state index contributed by atoms with van der Waals surface area (Å²) in [6, 6.07) is 2.97. The van der Waals surface area contributed by atoms with Crippen molar-refractivity contribution >= 4 is 22.8 Å². The molecule has 0 saturated carbocycles. The Hall–Kier alpha value is -3.63. The summed E-state index contributed by atoms with van der Waals surface area (Å²) in [5.41, 5.74) is 9.97. The van der Waals surface area contributed by atoms with Crippen molar-refractivity contribution in [2.24, 2.45) is 5.73 Å². The molecular weight excluding hydrogens is 467 g/mol. The lowest BCUT2D eigenvalue weighted by atomic mass is 9.85. The van der Waals surface area contributed by atoms with E-state index in [2.05, 4.69) is 5.32 Å². The number of aliphatic hydroxyl groups excluding tert-OH is 1. The van der Waals surface area contributed by atoms with Gasteiger partial charge in [-0.15, -0.1) is 0 Å².